The highest BCUT2D eigenvalue weighted by Gasteiger charge is 2.40. The monoisotopic (exact) mass is 277 g/mol. The second kappa shape index (κ2) is 5.15. The van der Waals surface area contributed by atoms with E-state index in [0.717, 1.165) is 12.0 Å². The number of carboxylic acids is 1. The lowest BCUT2D eigenvalue weighted by molar-refractivity contribution is 0.0522. The Bertz CT molecular complexity index is 516. The minimum Gasteiger partial charge on any atom is -0.478 e. The van der Waals surface area contributed by atoms with E-state index in [1.54, 1.807) is 24.3 Å². The maximum absolute atomic E-state index is 11.6. The van der Waals surface area contributed by atoms with Gasteiger partial charge >= 0.3 is 12.1 Å². The molecule has 1 saturated carbocycles. The Morgan fingerprint density at radius 1 is 1.25 bits per heavy atom. The molecule has 1 amide bonds. The number of rotatable bonds is 3. The van der Waals surface area contributed by atoms with E-state index in [0.29, 0.717) is 0 Å². The molecule has 5 nitrogen and oxygen atoms in total. The maximum Gasteiger partial charge on any atom is 0.407 e. The summed E-state index contributed by atoms with van der Waals surface area (Å²) in [7, 11) is 0. The molecule has 1 fully saturated rings. The largest absolute Gasteiger partial charge is 0.478 e. The number of alkyl carbamates (subject to hydrolysis) is 1. The van der Waals surface area contributed by atoms with Crippen molar-refractivity contribution in [3.05, 3.63) is 35.4 Å². The molecule has 0 spiro atoms. The summed E-state index contributed by atoms with van der Waals surface area (Å²) < 4.78 is 5.20. The summed E-state index contributed by atoms with van der Waals surface area (Å²) >= 11 is 0. The summed E-state index contributed by atoms with van der Waals surface area (Å²) in [4.78, 5) is 22.4. The zero-order valence-electron chi connectivity index (χ0n) is 11.8. The average Bonchev–Trinajstić information content (AvgIpc) is 3.05. The van der Waals surface area contributed by atoms with Crippen LogP contribution in [0.1, 0.15) is 49.0 Å². The van der Waals surface area contributed by atoms with Crippen molar-refractivity contribution in [3.8, 4) is 0 Å². The van der Waals surface area contributed by atoms with Crippen LogP contribution in [-0.4, -0.2) is 28.8 Å². The molecule has 1 aliphatic rings. The molecule has 20 heavy (non-hydrogen) atoms. The Hall–Kier alpha value is -2.04. The number of carbonyl (C=O) groups excluding carboxylic acids is 1. The molecule has 0 saturated heterocycles. The SMILES string of the molecule is CC(C)(C)OC(=O)N[C@H]1C[C@H]1c1ccc(C(=O)O)cc1. The van der Waals surface area contributed by atoms with Crippen LogP contribution >= 0.6 is 0 Å². The Morgan fingerprint density at radius 2 is 1.85 bits per heavy atom. The molecule has 1 aromatic rings. The zero-order chi connectivity index (χ0) is 14.9. The van der Waals surface area contributed by atoms with Gasteiger partial charge in [-0.1, -0.05) is 12.1 Å². The molecule has 5 heteroatoms. The van der Waals surface area contributed by atoms with Crippen molar-refractivity contribution in [1.82, 2.24) is 5.32 Å². The number of aromatic carboxylic acids is 1. The molecule has 2 rings (SSSR count). The van der Waals surface area contributed by atoms with E-state index in [4.69, 9.17) is 9.84 Å². The first-order chi connectivity index (χ1) is 9.26. The highest BCUT2D eigenvalue weighted by atomic mass is 16.6. The van der Waals surface area contributed by atoms with Crippen molar-refractivity contribution in [2.45, 2.75) is 44.8 Å². The third kappa shape index (κ3) is 3.73. The number of amides is 1. The summed E-state index contributed by atoms with van der Waals surface area (Å²) in [5.41, 5.74) is 0.805. The van der Waals surface area contributed by atoms with Crippen molar-refractivity contribution in [3.63, 3.8) is 0 Å². The van der Waals surface area contributed by atoms with E-state index in [-0.39, 0.29) is 17.5 Å². The van der Waals surface area contributed by atoms with Crippen LogP contribution in [0.4, 0.5) is 4.79 Å². The third-order valence-corrected chi connectivity index (χ3v) is 3.08. The van der Waals surface area contributed by atoms with Gasteiger partial charge in [-0.05, 0) is 44.9 Å². The van der Waals surface area contributed by atoms with Gasteiger partial charge in [-0.3, -0.25) is 0 Å². The zero-order valence-corrected chi connectivity index (χ0v) is 11.8. The topological polar surface area (TPSA) is 75.6 Å². The lowest BCUT2D eigenvalue weighted by atomic mass is 10.1. The van der Waals surface area contributed by atoms with Crippen molar-refractivity contribution < 1.29 is 19.4 Å². The fourth-order valence-corrected chi connectivity index (χ4v) is 2.05. The number of carbonyl (C=O) groups is 2. The summed E-state index contributed by atoms with van der Waals surface area (Å²) in [5, 5.41) is 11.7. The van der Waals surface area contributed by atoms with Crippen LogP contribution in [0.2, 0.25) is 0 Å². The van der Waals surface area contributed by atoms with Gasteiger partial charge in [0.25, 0.3) is 0 Å². The minimum atomic E-state index is -0.934. The van der Waals surface area contributed by atoms with Gasteiger partial charge in [0.1, 0.15) is 5.60 Å². The molecule has 0 aromatic heterocycles. The molecule has 0 aliphatic heterocycles. The average molecular weight is 277 g/mol. The van der Waals surface area contributed by atoms with Crippen LogP contribution in [0.3, 0.4) is 0 Å². The van der Waals surface area contributed by atoms with Gasteiger partial charge in [0.05, 0.1) is 5.56 Å². The quantitative estimate of drug-likeness (QED) is 0.890. The van der Waals surface area contributed by atoms with Gasteiger partial charge in [0.2, 0.25) is 0 Å². The number of hydrogen-bond donors (Lipinski definition) is 2. The van der Waals surface area contributed by atoms with Gasteiger partial charge in [-0.15, -0.1) is 0 Å². The second-order valence-electron chi connectivity index (χ2n) is 6.02. The summed E-state index contributed by atoms with van der Waals surface area (Å²) in [5.74, 6) is -0.693. The fourth-order valence-electron chi connectivity index (χ4n) is 2.05. The predicted molar refractivity (Wildman–Crippen MR) is 73.9 cm³/mol. The van der Waals surface area contributed by atoms with E-state index < -0.39 is 17.7 Å². The lowest BCUT2D eigenvalue weighted by Crippen LogP contribution is -2.34. The Labute approximate surface area is 117 Å². The smallest absolute Gasteiger partial charge is 0.407 e. The molecule has 2 atom stereocenters. The van der Waals surface area contributed by atoms with E-state index >= 15 is 0 Å². The number of hydrogen-bond acceptors (Lipinski definition) is 3. The first kappa shape index (κ1) is 14.4. The summed E-state index contributed by atoms with van der Waals surface area (Å²) in [6, 6.07) is 6.83. The van der Waals surface area contributed by atoms with Crippen LogP contribution in [-0.2, 0) is 4.74 Å². The van der Waals surface area contributed by atoms with Crippen LogP contribution in [0.25, 0.3) is 0 Å². The fraction of sp³-hybridized carbons (Fsp3) is 0.467. The summed E-state index contributed by atoms with van der Waals surface area (Å²) in [6.07, 6.45) is 0.443. The third-order valence-electron chi connectivity index (χ3n) is 3.08. The van der Waals surface area contributed by atoms with Crippen LogP contribution in [0.5, 0.6) is 0 Å². The standard InChI is InChI=1S/C15H19NO4/c1-15(2,3)20-14(19)16-12-8-11(12)9-4-6-10(7-5-9)13(17)18/h4-7,11-12H,8H2,1-3H3,(H,16,19)(H,17,18)/t11-,12-/m0/s1. The normalized spacial score (nSPS) is 21.1. The Morgan fingerprint density at radius 3 is 2.35 bits per heavy atom. The molecular formula is C15H19NO4. The molecule has 1 aromatic carbocycles. The molecule has 0 radical (unpaired) electrons. The molecule has 1 aliphatic carbocycles. The highest BCUT2D eigenvalue weighted by molar-refractivity contribution is 5.87. The number of nitrogens with one attached hydrogen (secondary N) is 1. The van der Waals surface area contributed by atoms with E-state index in [9.17, 15) is 9.59 Å². The Kier molecular flexibility index (Phi) is 3.70. The van der Waals surface area contributed by atoms with E-state index in [2.05, 4.69) is 5.32 Å². The molecular weight excluding hydrogens is 258 g/mol. The van der Waals surface area contributed by atoms with Crippen molar-refractivity contribution in [2.24, 2.45) is 0 Å². The van der Waals surface area contributed by atoms with Gasteiger partial charge < -0.3 is 15.2 Å². The van der Waals surface area contributed by atoms with E-state index in [1.165, 1.54) is 0 Å². The van der Waals surface area contributed by atoms with Gasteiger partial charge in [-0.2, -0.15) is 0 Å². The summed E-state index contributed by atoms with van der Waals surface area (Å²) in [6.45, 7) is 5.46. The molecule has 2 N–H and O–H groups in total. The van der Waals surface area contributed by atoms with Crippen molar-refractivity contribution >= 4 is 12.1 Å². The van der Waals surface area contributed by atoms with Crippen LogP contribution in [0.15, 0.2) is 24.3 Å². The number of ether oxygens (including phenoxy) is 1. The molecule has 0 unspecified atom stereocenters. The molecule has 0 bridgehead atoms. The molecule has 0 heterocycles. The predicted octanol–water partition coefficient (Wildman–Crippen LogP) is 2.77. The van der Waals surface area contributed by atoms with Gasteiger partial charge in [-0.25, -0.2) is 9.59 Å². The van der Waals surface area contributed by atoms with Crippen LogP contribution < -0.4 is 5.32 Å². The van der Waals surface area contributed by atoms with Gasteiger partial charge in [0, 0.05) is 12.0 Å². The van der Waals surface area contributed by atoms with Crippen molar-refractivity contribution in [2.75, 3.05) is 0 Å². The number of benzene rings is 1. The highest BCUT2D eigenvalue weighted by Crippen LogP contribution is 2.40. The first-order valence-electron chi connectivity index (χ1n) is 6.59. The van der Waals surface area contributed by atoms with Gasteiger partial charge in [0.15, 0.2) is 0 Å². The van der Waals surface area contributed by atoms with E-state index in [1.807, 2.05) is 20.8 Å². The first-order valence-corrected chi connectivity index (χ1v) is 6.59. The number of carboxylic acid groups (broad SMARTS) is 1. The second-order valence-corrected chi connectivity index (χ2v) is 6.02. The van der Waals surface area contributed by atoms with Crippen molar-refractivity contribution in [1.29, 1.82) is 0 Å². The minimum absolute atomic E-state index is 0.0699. The maximum atomic E-state index is 11.6. The Balaban J connectivity index is 1.88. The lowest BCUT2D eigenvalue weighted by Gasteiger charge is -2.19. The van der Waals surface area contributed by atoms with Crippen LogP contribution in [0, 0.1) is 0 Å². The molecule has 108 valence electrons.